The van der Waals surface area contributed by atoms with E-state index in [1.807, 2.05) is 0 Å². The molecule has 2 aliphatic rings. The molecule has 0 spiro atoms. The molecular weight excluding hydrogens is 164 g/mol. The molecule has 1 atom stereocenters. The highest BCUT2D eigenvalue weighted by Crippen LogP contribution is 2.19. The average Bonchev–Trinajstić information content (AvgIpc) is 2.67. The first-order valence-corrected chi connectivity index (χ1v) is 5.39. The molecule has 0 aliphatic carbocycles. The summed E-state index contributed by atoms with van der Waals surface area (Å²) >= 11 is 0. The molecule has 3 heteroatoms. The zero-order valence-electron chi connectivity index (χ0n) is 8.46. The predicted octanol–water partition coefficient (Wildman–Crippen LogP) is 0.459. The van der Waals surface area contributed by atoms with Crippen LogP contribution in [0.2, 0.25) is 0 Å². The van der Waals surface area contributed by atoms with Crippen LogP contribution in [-0.2, 0) is 4.74 Å². The maximum Gasteiger partial charge on any atom is 0.0480 e. The van der Waals surface area contributed by atoms with E-state index in [0.29, 0.717) is 0 Å². The van der Waals surface area contributed by atoms with Gasteiger partial charge in [-0.1, -0.05) is 0 Å². The minimum absolute atomic E-state index is 0.725. The van der Waals surface area contributed by atoms with Crippen molar-refractivity contribution in [3.05, 3.63) is 0 Å². The lowest BCUT2D eigenvalue weighted by Gasteiger charge is -2.30. The monoisotopic (exact) mass is 184 g/mol. The summed E-state index contributed by atoms with van der Waals surface area (Å²) in [6, 6.07) is 1.52. The standard InChI is InChI=1S/C10H20N2O/c1-11-9-2-5-12(8-9)10-3-6-13-7-4-10/h9-11H,2-8H2,1H3/t9-/m0/s1. The Hall–Kier alpha value is -0.120. The number of nitrogens with one attached hydrogen (secondary N) is 1. The van der Waals surface area contributed by atoms with Crippen LogP contribution in [0.15, 0.2) is 0 Å². The van der Waals surface area contributed by atoms with Crippen molar-refractivity contribution in [2.75, 3.05) is 33.4 Å². The zero-order chi connectivity index (χ0) is 9.10. The topological polar surface area (TPSA) is 24.5 Å². The van der Waals surface area contributed by atoms with Crippen molar-refractivity contribution in [1.29, 1.82) is 0 Å². The van der Waals surface area contributed by atoms with E-state index in [9.17, 15) is 0 Å². The second-order valence-electron chi connectivity index (χ2n) is 4.11. The summed E-state index contributed by atoms with van der Waals surface area (Å²) in [5.41, 5.74) is 0. The third-order valence-electron chi connectivity index (χ3n) is 3.34. The molecule has 0 radical (unpaired) electrons. The number of rotatable bonds is 2. The number of likely N-dealkylation sites (tertiary alicyclic amines) is 1. The quantitative estimate of drug-likeness (QED) is 0.675. The van der Waals surface area contributed by atoms with E-state index < -0.39 is 0 Å². The Bertz CT molecular complexity index is 157. The Morgan fingerprint density at radius 1 is 1.23 bits per heavy atom. The maximum absolute atomic E-state index is 5.37. The van der Waals surface area contributed by atoms with Gasteiger partial charge in [-0.25, -0.2) is 0 Å². The second kappa shape index (κ2) is 4.40. The van der Waals surface area contributed by atoms with E-state index in [2.05, 4.69) is 17.3 Å². The number of hydrogen-bond acceptors (Lipinski definition) is 3. The van der Waals surface area contributed by atoms with E-state index in [1.54, 1.807) is 0 Å². The number of nitrogens with zero attached hydrogens (tertiary/aromatic N) is 1. The fourth-order valence-electron chi connectivity index (χ4n) is 2.40. The molecule has 2 fully saturated rings. The minimum atomic E-state index is 0.725. The lowest BCUT2D eigenvalue weighted by atomic mass is 10.1. The van der Waals surface area contributed by atoms with Crippen LogP contribution in [0.3, 0.4) is 0 Å². The number of ether oxygens (including phenoxy) is 1. The van der Waals surface area contributed by atoms with Gasteiger partial charge in [-0.05, 0) is 26.3 Å². The van der Waals surface area contributed by atoms with Crippen molar-refractivity contribution in [1.82, 2.24) is 10.2 Å². The van der Waals surface area contributed by atoms with Crippen LogP contribution in [-0.4, -0.2) is 50.3 Å². The highest BCUT2D eigenvalue weighted by Gasteiger charge is 2.28. The summed E-state index contributed by atoms with van der Waals surface area (Å²) < 4.78 is 5.37. The van der Waals surface area contributed by atoms with Crippen molar-refractivity contribution in [2.24, 2.45) is 0 Å². The Morgan fingerprint density at radius 2 is 2.00 bits per heavy atom. The van der Waals surface area contributed by atoms with Crippen LogP contribution in [0.25, 0.3) is 0 Å². The van der Waals surface area contributed by atoms with Crippen LogP contribution >= 0.6 is 0 Å². The second-order valence-corrected chi connectivity index (χ2v) is 4.11. The lowest BCUT2D eigenvalue weighted by Crippen LogP contribution is -2.39. The van der Waals surface area contributed by atoms with Gasteiger partial charge in [0, 0.05) is 38.4 Å². The molecule has 0 bridgehead atoms. The summed E-state index contributed by atoms with van der Waals surface area (Å²) in [6.07, 6.45) is 3.78. The van der Waals surface area contributed by atoms with Gasteiger partial charge in [0.15, 0.2) is 0 Å². The molecule has 0 aromatic carbocycles. The molecule has 3 nitrogen and oxygen atoms in total. The number of hydrogen-bond donors (Lipinski definition) is 1. The van der Waals surface area contributed by atoms with E-state index in [-0.39, 0.29) is 0 Å². The van der Waals surface area contributed by atoms with Gasteiger partial charge in [0.05, 0.1) is 0 Å². The highest BCUT2D eigenvalue weighted by molar-refractivity contribution is 4.85. The van der Waals surface area contributed by atoms with Crippen molar-refractivity contribution in [2.45, 2.75) is 31.3 Å². The lowest BCUT2D eigenvalue weighted by molar-refractivity contribution is 0.0417. The average molecular weight is 184 g/mol. The summed E-state index contributed by atoms with van der Waals surface area (Å²) in [7, 11) is 2.07. The van der Waals surface area contributed by atoms with Crippen molar-refractivity contribution >= 4 is 0 Å². The first-order valence-electron chi connectivity index (χ1n) is 5.39. The zero-order valence-corrected chi connectivity index (χ0v) is 8.46. The molecule has 0 saturated carbocycles. The van der Waals surface area contributed by atoms with Gasteiger partial charge in [-0.15, -0.1) is 0 Å². The van der Waals surface area contributed by atoms with E-state index in [4.69, 9.17) is 4.74 Å². The van der Waals surface area contributed by atoms with Gasteiger partial charge in [0.25, 0.3) is 0 Å². The van der Waals surface area contributed by atoms with Crippen LogP contribution in [0.5, 0.6) is 0 Å². The largest absolute Gasteiger partial charge is 0.381 e. The molecule has 2 heterocycles. The number of likely N-dealkylation sites (N-methyl/N-ethyl adjacent to an activating group) is 1. The SMILES string of the molecule is CN[C@H]1CCN(C2CCOCC2)C1. The third-order valence-corrected chi connectivity index (χ3v) is 3.34. The molecule has 2 aliphatic heterocycles. The summed E-state index contributed by atoms with van der Waals surface area (Å²) in [5, 5.41) is 3.36. The minimum Gasteiger partial charge on any atom is -0.381 e. The third kappa shape index (κ3) is 2.22. The summed E-state index contributed by atoms with van der Waals surface area (Å²) in [6.45, 7) is 4.44. The van der Waals surface area contributed by atoms with Gasteiger partial charge in [0.2, 0.25) is 0 Å². The molecule has 0 amide bonds. The van der Waals surface area contributed by atoms with Gasteiger partial charge >= 0.3 is 0 Å². The van der Waals surface area contributed by atoms with Crippen molar-refractivity contribution in [3.63, 3.8) is 0 Å². The molecule has 0 aromatic heterocycles. The van der Waals surface area contributed by atoms with E-state index in [0.717, 1.165) is 25.3 Å². The van der Waals surface area contributed by atoms with Crippen LogP contribution < -0.4 is 5.32 Å². The fourth-order valence-corrected chi connectivity index (χ4v) is 2.40. The van der Waals surface area contributed by atoms with Gasteiger partial charge in [-0.2, -0.15) is 0 Å². The normalized spacial score (nSPS) is 32.5. The maximum atomic E-state index is 5.37. The molecule has 0 aromatic rings. The van der Waals surface area contributed by atoms with Crippen molar-refractivity contribution < 1.29 is 4.74 Å². The Balaban J connectivity index is 1.80. The van der Waals surface area contributed by atoms with E-state index in [1.165, 1.54) is 32.4 Å². The Morgan fingerprint density at radius 3 is 2.62 bits per heavy atom. The molecule has 2 rings (SSSR count). The Labute approximate surface area is 80.4 Å². The summed E-state index contributed by atoms with van der Waals surface area (Å²) in [5.74, 6) is 0. The molecule has 0 unspecified atom stereocenters. The smallest absolute Gasteiger partial charge is 0.0480 e. The molecule has 2 saturated heterocycles. The van der Waals surface area contributed by atoms with Crippen molar-refractivity contribution in [3.8, 4) is 0 Å². The van der Waals surface area contributed by atoms with Crippen LogP contribution in [0, 0.1) is 0 Å². The fraction of sp³-hybridized carbons (Fsp3) is 1.00. The van der Waals surface area contributed by atoms with Crippen LogP contribution in [0.4, 0.5) is 0 Å². The van der Waals surface area contributed by atoms with Gasteiger partial charge in [-0.3, -0.25) is 4.90 Å². The molecule has 13 heavy (non-hydrogen) atoms. The molecular formula is C10H20N2O. The van der Waals surface area contributed by atoms with Crippen LogP contribution in [0.1, 0.15) is 19.3 Å². The highest BCUT2D eigenvalue weighted by atomic mass is 16.5. The molecule has 1 N–H and O–H groups in total. The Kier molecular flexibility index (Phi) is 3.19. The molecule has 76 valence electrons. The van der Waals surface area contributed by atoms with E-state index >= 15 is 0 Å². The first-order chi connectivity index (χ1) is 6.40. The summed E-state index contributed by atoms with van der Waals surface area (Å²) in [4.78, 5) is 2.63. The predicted molar refractivity (Wildman–Crippen MR) is 52.9 cm³/mol. The van der Waals surface area contributed by atoms with Gasteiger partial charge in [0.1, 0.15) is 0 Å². The van der Waals surface area contributed by atoms with Gasteiger partial charge < -0.3 is 10.1 Å². The first kappa shape index (κ1) is 9.44.